The summed E-state index contributed by atoms with van der Waals surface area (Å²) in [5, 5.41) is 0.781. The maximum absolute atomic E-state index is 12.9. The van der Waals surface area contributed by atoms with Gasteiger partial charge in [0.15, 0.2) is 0 Å². The van der Waals surface area contributed by atoms with E-state index in [2.05, 4.69) is 4.98 Å². The van der Waals surface area contributed by atoms with Gasteiger partial charge >= 0.3 is 0 Å². The van der Waals surface area contributed by atoms with Gasteiger partial charge in [-0.15, -0.1) is 0 Å². The van der Waals surface area contributed by atoms with Crippen molar-refractivity contribution in [1.29, 1.82) is 0 Å². The molecule has 0 aliphatic rings. The normalized spacial score (nSPS) is 10.6. The topological polar surface area (TPSA) is 38.9 Å². The number of benzene rings is 1. The van der Waals surface area contributed by atoms with Gasteiger partial charge < -0.3 is 5.73 Å². The number of nitrogens with zero attached hydrogens (tertiary/aromatic N) is 1. The highest BCUT2D eigenvalue weighted by molar-refractivity contribution is 6.35. The van der Waals surface area contributed by atoms with E-state index < -0.39 is 5.82 Å². The van der Waals surface area contributed by atoms with Gasteiger partial charge in [-0.1, -0.05) is 11.6 Å². The summed E-state index contributed by atoms with van der Waals surface area (Å²) in [6.45, 7) is 0. The van der Waals surface area contributed by atoms with Crippen molar-refractivity contribution in [1.82, 2.24) is 4.98 Å². The molecule has 2 N–H and O–H groups in total. The molecular formula is C9H6ClFN2. The fraction of sp³-hybridized carbons (Fsp3) is 0. The van der Waals surface area contributed by atoms with Crippen LogP contribution in [0.5, 0.6) is 0 Å². The van der Waals surface area contributed by atoms with Gasteiger partial charge in [0.2, 0.25) is 0 Å². The largest absolute Gasteiger partial charge is 0.397 e. The summed E-state index contributed by atoms with van der Waals surface area (Å²) in [6.07, 6.45) is 1.45. The number of fused-ring (bicyclic) bond motifs is 1. The SMILES string of the molecule is Nc1cnc2c(Cl)c(F)ccc2c1. The molecule has 0 atom stereocenters. The number of hydrogen-bond acceptors (Lipinski definition) is 2. The summed E-state index contributed by atoms with van der Waals surface area (Å²) in [6, 6.07) is 4.60. The molecule has 0 saturated heterocycles. The summed E-state index contributed by atoms with van der Waals surface area (Å²) in [7, 11) is 0. The van der Waals surface area contributed by atoms with Crippen molar-refractivity contribution in [2.24, 2.45) is 0 Å². The van der Waals surface area contributed by atoms with E-state index in [4.69, 9.17) is 17.3 Å². The number of anilines is 1. The van der Waals surface area contributed by atoms with Crippen LogP contribution in [0.3, 0.4) is 0 Å². The Morgan fingerprint density at radius 1 is 1.38 bits per heavy atom. The Kier molecular flexibility index (Phi) is 1.81. The second-order valence-corrected chi connectivity index (χ2v) is 3.08. The molecule has 0 aliphatic heterocycles. The first kappa shape index (κ1) is 8.26. The number of nitrogen functional groups attached to an aromatic ring is 1. The van der Waals surface area contributed by atoms with Crippen molar-refractivity contribution in [2.45, 2.75) is 0 Å². The number of hydrogen-bond donors (Lipinski definition) is 1. The minimum atomic E-state index is -0.466. The van der Waals surface area contributed by atoms with Crippen molar-refractivity contribution < 1.29 is 4.39 Å². The zero-order valence-corrected chi connectivity index (χ0v) is 7.35. The lowest BCUT2D eigenvalue weighted by atomic mass is 10.2. The van der Waals surface area contributed by atoms with E-state index in [1.165, 1.54) is 12.3 Å². The quantitative estimate of drug-likeness (QED) is 0.704. The Hall–Kier alpha value is -1.35. The second kappa shape index (κ2) is 2.85. The maximum atomic E-state index is 12.9. The van der Waals surface area contributed by atoms with Gasteiger partial charge in [0.1, 0.15) is 10.8 Å². The van der Waals surface area contributed by atoms with E-state index in [9.17, 15) is 4.39 Å². The molecule has 0 aliphatic carbocycles. The van der Waals surface area contributed by atoms with Crippen LogP contribution in [0.4, 0.5) is 10.1 Å². The molecule has 0 unspecified atom stereocenters. The lowest BCUT2D eigenvalue weighted by Gasteiger charge is -2.01. The average Bonchev–Trinajstić information content (AvgIpc) is 2.12. The third-order valence-corrected chi connectivity index (χ3v) is 2.12. The van der Waals surface area contributed by atoms with E-state index in [-0.39, 0.29) is 5.02 Å². The van der Waals surface area contributed by atoms with Crippen LogP contribution in [0.2, 0.25) is 5.02 Å². The van der Waals surface area contributed by atoms with Crippen LogP contribution < -0.4 is 5.73 Å². The van der Waals surface area contributed by atoms with Crippen molar-refractivity contribution in [3.63, 3.8) is 0 Å². The molecule has 66 valence electrons. The third-order valence-electron chi connectivity index (χ3n) is 1.77. The highest BCUT2D eigenvalue weighted by Gasteiger charge is 2.05. The predicted octanol–water partition coefficient (Wildman–Crippen LogP) is 2.61. The van der Waals surface area contributed by atoms with E-state index in [0.717, 1.165) is 5.39 Å². The van der Waals surface area contributed by atoms with Crippen LogP contribution in [0.1, 0.15) is 0 Å². The molecule has 2 rings (SSSR count). The van der Waals surface area contributed by atoms with Gasteiger partial charge in [0, 0.05) is 5.39 Å². The van der Waals surface area contributed by atoms with Crippen LogP contribution in [0.25, 0.3) is 10.9 Å². The van der Waals surface area contributed by atoms with Gasteiger partial charge in [-0.2, -0.15) is 0 Å². The van der Waals surface area contributed by atoms with Gasteiger partial charge in [-0.25, -0.2) is 4.39 Å². The Morgan fingerprint density at radius 3 is 2.92 bits per heavy atom. The molecule has 2 aromatic rings. The molecule has 1 heterocycles. The van der Waals surface area contributed by atoms with Gasteiger partial charge in [-0.05, 0) is 18.2 Å². The van der Waals surface area contributed by atoms with Crippen LogP contribution >= 0.6 is 11.6 Å². The summed E-state index contributed by atoms with van der Waals surface area (Å²) in [5.74, 6) is -0.466. The molecular weight excluding hydrogens is 191 g/mol. The number of aromatic nitrogens is 1. The molecule has 2 nitrogen and oxygen atoms in total. The number of halogens is 2. The zero-order valence-electron chi connectivity index (χ0n) is 6.59. The van der Waals surface area contributed by atoms with Crippen molar-refractivity contribution in [2.75, 3.05) is 5.73 Å². The van der Waals surface area contributed by atoms with Gasteiger partial charge in [0.05, 0.1) is 17.4 Å². The molecule has 0 radical (unpaired) electrons. The Bertz CT molecular complexity index is 470. The summed E-state index contributed by atoms with van der Waals surface area (Å²) in [5.41, 5.74) is 6.49. The summed E-state index contributed by atoms with van der Waals surface area (Å²) in [4.78, 5) is 3.94. The molecule has 0 fully saturated rings. The van der Waals surface area contributed by atoms with Gasteiger partial charge in [-0.3, -0.25) is 4.98 Å². The highest BCUT2D eigenvalue weighted by Crippen LogP contribution is 2.25. The van der Waals surface area contributed by atoms with Crippen molar-refractivity contribution in [3.05, 3.63) is 35.2 Å². The fourth-order valence-corrected chi connectivity index (χ4v) is 1.38. The van der Waals surface area contributed by atoms with Crippen LogP contribution in [-0.2, 0) is 0 Å². The standard InChI is InChI=1S/C9H6ClFN2/c10-8-7(11)2-1-5-3-6(12)4-13-9(5)8/h1-4H,12H2. The van der Waals surface area contributed by atoms with Crippen LogP contribution in [0.15, 0.2) is 24.4 Å². The number of pyridine rings is 1. The minimum Gasteiger partial charge on any atom is -0.397 e. The molecule has 1 aromatic heterocycles. The second-order valence-electron chi connectivity index (χ2n) is 2.70. The minimum absolute atomic E-state index is 0.0394. The van der Waals surface area contributed by atoms with E-state index in [1.54, 1.807) is 12.1 Å². The first-order valence-electron chi connectivity index (χ1n) is 3.68. The van der Waals surface area contributed by atoms with Crippen molar-refractivity contribution in [3.8, 4) is 0 Å². The zero-order chi connectivity index (χ0) is 9.42. The molecule has 0 amide bonds. The molecule has 4 heteroatoms. The van der Waals surface area contributed by atoms with E-state index in [1.807, 2.05) is 0 Å². The lowest BCUT2D eigenvalue weighted by molar-refractivity contribution is 0.630. The average molecular weight is 197 g/mol. The Labute approximate surface area is 79.1 Å². The summed E-state index contributed by atoms with van der Waals surface area (Å²) < 4.78 is 12.9. The van der Waals surface area contributed by atoms with Crippen LogP contribution in [-0.4, -0.2) is 4.98 Å². The van der Waals surface area contributed by atoms with Gasteiger partial charge in [0.25, 0.3) is 0 Å². The summed E-state index contributed by atoms with van der Waals surface area (Å²) >= 11 is 5.70. The van der Waals surface area contributed by atoms with E-state index >= 15 is 0 Å². The van der Waals surface area contributed by atoms with E-state index in [0.29, 0.717) is 11.2 Å². The maximum Gasteiger partial charge on any atom is 0.144 e. The molecule has 0 saturated carbocycles. The Morgan fingerprint density at radius 2 is 2.15 bits per heavy atom. The predicted molar refractivity (Wildman–Crippen MR) is 51.1 cm³/mol. The highest BCUT2D eigenvalue weighted by atomic mass is 35.5. The Balaban J connectivity index is 2.87. The number of nitrogens with two attached hydrogens (primary N) is 1. The smallest absolute Gasteiger partial charge is 0.144 e. The molecule has 13 heavy (non-hydrogen) atoms. The molecule has 1 aromatic carbocycles. The van der Waals surface area contributed by atoms with Crippen LogP contribution in [0, 0.1) is 5.82 Å². The first-order valence-corrected chi connectivity index (χ1v) is 4.05. The first-order chi connectivity index (χ1) is 6.18. The molecule has 0 bridgehead atoms. The fourth-order valence-electron chi connectivity index (χ4n) is 1.16. The van der Waals surface area contributed by atoms with Crippen molar-refractivity contribution >= 4 is 28.2 Å². The third kappa shape index (κ3) is 1.31. The number of rotatable bonds is 0. The molecule has 0 spiro atoms. The monoisotopic (exact) mass is 196 g/mol. The lowest BCUT2D eigenvalue weighted by Crippen LogP contribution is -1.89.